The van der Waals surface area contributed by atoms with Gasteiger partial charge < -0.3 is 14.5 Å². The van der Waals surface area contributed by atoms with E-state index in [0.29, 0.717) is 13.2 Å². The fraction of sp³-hybridized carbons (Fsp3) is 0.286. The molecule has 2 rings (SSSR count). The predicted molar refractivity (Wildman–Crippen MR) is 70.3 cm³/mol. The summed E-state index contributed by atoms with van der Waals surface area (Å²) in [6, 6.07) is 5.63. The zero-order valence-corrected chi connectivity index (χ0v) is 10.8. The molecule has 0 aliphatic rings. The Labute approximate surface area is 111 Å². The summed E-state index contributed by atoms with van der Waals surface area (Å²) in [5.74, 6) is 0.625. The van der Waals surface area contributed by atoms with E-state index < -0.39 is 0 Å². The van der Waals surface area contributed by atoms with E-state index in [1.54, 1.807) is 18.7 Å². The van der Waals surface area contributed by atoms with Crippen molar-refractivity contribution >= 4 is 5.91 Å². The van der Waals surface area contributed by atoms with Crippen molar-refractivity contribution in [2.45, 2.75) is 13.5 Å². The van der Waals surface area contributed by atoms with Crippen LogP contribution in [0.3, 0.4) is 0 Å². The van der Waals surface area contributed by atoms with E-state index in [2.05, 4.69) is 10.3 Å². The van der Waals surface area contributed by atoms with Crippen LogP contribution in [0, 0.1) is 0 Å². The maximum Gasteiger partial charge on any atom is 0.246 e. The van der Waals surface area contributed by atoms with Crippen molar-refractivity contribution in [2.75, 3.05) is 13.2 Å². The molecule has 0 saturated heterocycles. The largest absolute Gasteiger partial charge is 0.464 e. The molecule has 0 aliphatic carbocycles. The number of carbonyl (C=O) groups excluding carboxylic acids is 1. The number of amides is 1. The molecule has 0 unspecified atom stereocenters. The molecule has 1 amide bonds. The number of ether oxygens (including phenoxy) is 1. The van der Waals surface area contributed by atoms with Crippen molar-refractivity contribution in [2.24, 2.45) is 0 Å². The van der Waals surface area contributed by atoms with Crippen molar-refractivity contribution in [3.05, 3.63) is 42.4 Å². The fourth-order valence-corrected chi connectivity index (χ4v) is 1.61. The van der Waals surface area contributed by atoms with Crippen molar-refractivity contribution in [1.29, 1.82) is 0 Å². The normalized spacial score (nSPS) is 10.4. The van der Waals surface area contributed by atoms with Crippen LogP contribution in [-0.2, 0) is 16.1 Å². The molecule has 2 aromatic rings. The highest BCUT2D eigenvalue weighted by Crippen LogP contribution is 2.19. The highest BCUT2D eigenvalue weighted by atomic mass is 16.5. The van der Waals surface area contributed by atoms with Crippen LogP contribution in [0.2, 0.25) is 0 Å². The number of nitrogens with one attached hydrogen (secondary N) is 1. The van der Waals surface area contributed by atoms with Gasteiger partial charge in [0.05, 0.1) is 6.26 Å². The number of nitrogens with zero attached hydrogens (tertiary/aromatic N) is 1. The number of hydrogen-bond acceptors (Lipinski definition) is 4. The minimum Gasteiger partial charge on any atom is -0.464 e. The Balaban J connectivity index is 1.94. The van der Waals surface area contributed by atoms with E-state index >= 15 is 0 Å². The zero-order valence-electron chi connectivity index (χ0n) is 10.8. The Morgan fingerprint density at radius 1 is 1.47 bits per heavy atom. The average molecular weight is 260 g/mol. The first kappa shape index (κ1) is 13.3. The van der Waals surface area contributed by atoms with Gasteiger partial charge in [0.25, 0.3) is 0 Å². The van der Waals surface area contributed by atoms with Crippen LogP contribution in [0.1, 0.15) is 12.5 Å². The quantitative estimate of drug-likeness (QED) is 0.862. The number of rotatable bonds is 6. The molecule has 2 aromatic heterocycles. The van der Waals surface area contributed by atoms with Crippen LogP contribution in [0.5, 0.6) is 0 Å². The van der Waals surface area contributed by atoms with Crippen LogP contribution in [0.4, 0.5) is 0 Å². The second-order valence-corrected chi connectivity index (χ2v) is 3.97. The first-order valence-electron chi connectivity index (χ1n) is 6.12. The third kappa shape index (κ3) is 3.93. The standard InChI is InChI=1S/C14H16N2O3/c1-2-18-10-14(17)16-8-11-6-12(9-15-7-11)13-4-3-5-19-13/h3-7,9H,2,8,10H2,1H3,(H,16,17). The SMILES string of the molecule is CCOCC(=O)NCc1cncc(-c2ccco2)c1. The first-order chi connectivity index (χ1) is 9.29. The molecular formula is C14H16N2O3. The summed E-state index contributed by atoms with van der Waals surface area (Å²) in [6.07, 6.45) is 5.06. The molecule has 5 heteroatoms. The highest BCUT2D eigenvalue weighted by molar-refractivity contribution is 5.77. The minimum absolute atomic E-state index is 0.0851. The van der Waals surface area contributed by atoms with Crippen molar-refractivity contribution in [1.82, 2.24) is 10.3 Å². The molecule has 2 heterocycles. The minimum atomic E-state index is -0.134. The Hall–Kier alpha value is -2.14. The van der Waals surface area contributed by atoms with Crippen LogP contribution in [0.15, 0.2) is 41.3 Å². The molecule has 5 nitrogen and oxygen atoms in total. The van der Waals surface area contributed by atoms with Gasteiger partial charge in [-0.2, -0.15) is 0 Å². The summed E-state index contributed by atoms with van der Waals surface area (Å²) in [6.45, 7) is 2.89. The molecule has 0 saturated carbocycles. The number of carbonyl (C=O) groups is 1. The van der Waals surface area contributed by atoms with E-state index in [4.69, 9.17) is 9.15 Å². The van der Waals surface area contributed by atoms with Gasteiger partial charge in [0.2, 0.25) is 5.91 Å². The van der Waals surface area contributed by atoms with E-state index in [9.17, 15) is 4.79 Å². The lowest BCUT2D eigenvalue weighted by Crippen LogP contribution is -2.27. The maximum absolute atomic E-state index is 11.4. The predicted octanol–water partition coefficient (Wildman–Crippen LogP) is 1.99. The summed E-state index contributed by atoms with van der Waals surface area (Å²) >= 11 is 0. The van der Waals surface area contributed by atoms with Crippen LogP contribution in [-0.4, -0.2) is 24.1 Å². The molecule has 0 spiro atoms. The molecule has 0 atom stereocenters. The molecule has 0 fully saturated rings. The zero-order chi connectivity index (χ0) is 13.5. The Bertz CT molecular complexity index is 523. The lowest BCUT2D eigenvalue weighted by atomic mass is 10.1. The molecule has 0 bridgehead atoms. The topological polar surface area (TPSA) is 64.4 Å². The van der Waals surface area contributed by atoms with E-state index in [0.717, 1.165) is 16.9 Å². The van der Waals surface area contributed by atoms with Gasteiger partial charge in [-0.3, -0.25) is 9.78 Å². The molecule has 1 N–H and O–H groups in total. The lowest BCUT2D eigenvalue weighted by Gasteiger charge is -2.06. The molecule has 19 heavy (non-hydrogen) atoms. The van der Waals surface area contributed by atoms with Gasteiger partial charge in [0.15, 0.2) is 0 Å². The lowest BCUT2D eigenvalue weighted by molar-refractivity contribution is -0.125. The average Bonchev–Trinajstić information content (AvgIpc) is 2.97. The van der Waals surface area contributed by atoms with Gasteiger partial charge in [-0.1, -0.05) is 0 Å². The Morgan fingerprint density at radius 2 is 2.37 bits per heavy atom. The molecule has 100 valence electrons. The van der Waals surface area contributed by atoms with Gasteiger partial charge in [0, 0.05) is 31.1 Å². The molecule has 0 radical (unpaired) electrons. The van der Waals surface area contributed by atoms with E-state index in [-0.39, 0.29) is 12.5 Å². The van der Waals surface area contributed by atoms with Crippen LogP contribution in [0.25, 0.3) is 11.3 Å². The van der Waals surface area contributed by atoms with Crippen molar-refractivity contribution in [3.63, 3.8) is 0 Å². The van der Waals surface area contributed by atoms with Crippen LogP contribution >= 0.6 is 0 Å². The van der Waals surface area contributed by atoms with Gasteiger partial charge >= 0.3 is 0 Å². The number of hydrogen-bond donors (Lipinski definition) is 1. The van der Waals surface area contributed by atoms with E-state index in [1.807, 2.05) is 25.1 Å². The maximum atomic E-state index is 11.4. The summed E-state index contributed by atoms with van der Waals surface area (Å²) in [7, 11) is 0. The molecular weight excluding hydrogens is 244 g/mol. The van der Waals surface area contributed by atoms with Gasteiger partial charge in [-0.05, 0) is 30.7 Å². The number of furan rings is 1. The van der Waals surface area contributed by atoms with Crippen molar-refractivity contribution < 1.29 is 13.9 Å². The smallest absolute Gasteiger partial charge is 0.246 e. The number of aromatic nitrogens is 1. The van der Waals surface area contributed by atoms with Gasteiger partial charge in [-0.25, -0.2) is 0 Å². The summed E-state index contributed by atoms with van der Waals surface area (Å²) in [4.78, 5) is 15.6. The second-order valence-electron chi connectivity index (χ2n) is 3.97. The molecule has 0 aromatic carbocycles. The first-order valence-corrected chi connectivity index (χ1v) is 6.12. The Morgan fingerprint density at radius 3 is 3.11 bits per heavy atom. The fourth-order valence-electron chi connectivity index (χ4n) is 1.61. The second kappa shape index (κ2) is 6.70. The van der Waals surface area contributed by atoms with Crippen molar-refractivity contribution in [3.8, 4) is 11.3 Å². The third-order valence-electron chi connectivity index (χ3n) is 2.53. The van der Waals surface area contributed by atoms with Gasteiger partial charge in [0.1, 0.15) is 12.4 Å². The summed E-state index contributed by atoms with van der Waals surface area (Å²) in [5.41, 5.74) is 1.81. The third-order valence-corrected chi connectivity index (χ3v) is 2.53. The van der Waals surface area contributed by atoms with Crippen LogP contribution < -0.4 is 5.32 Å². The highest BCUT2D eigenvalue weighted by Gasteiger charge is 2.04. The van der Waals surface area contributed by atoms with E-state index in [1.165, 1.54) is 0 Å². The Kier molecular flexibility index (Phi) is 4.69. The summed E-state index contributed by atoms with van der Waals surface area (Å²) in [5, 5.41) is 2.77. The monoisotopic (exact) mass is 260 g/mol. The number of pyridine rings is 1. The summed E-state index contributed by atoms with van der Waals surface area (Å²) < 4.78 is 10.3. The van der Waals surface area contributed by atoms with Gasteiger partial charge in [-0.15, -0.1) is 0 Å². The molecule has 0 aliphatic heterocycles.